The van der Waals surface area contributed by atoms with Gasteiger partial charge in [0.2, 0.25) is 5.91 Å². The van der Waals surface area contributed by atoms with Crippen molar-refractivity contribution in [2.24, 2.45) is 7.05 Å². The van der Waals surface area contributed by atoms with Gasteiger partial charge in [0.15, 0.2) is 0 Å². The molecule has 2 aliphatic rings. The number of imidazole rings is 1. The van der Waals surface area contributed by atoms with E-state index in [1.165, 1.54) is 18.2 Å². The van der Waals surface area contributed by atoms with Gasteiger partial charge in [0.1, 0.15) is 6.61 Å². The van der Waals surface area contributed by atoms with Gasteiger partial charge in [-0.25, -0.2) is 9.78 Å². The second-order valence-corrected chi connectivity index (χ2v) is 11.1. The summed E-state index contributed by atoms with van der Waals surface area (Å²) in [6.07, 6.45) is 8.05. The molecule has 5 rings (SSSR count). The zero-order valence-corrected chi connectivity index (χ0v) is 25.5. The normalized spacial score (nSPS) is 15.4. The zero-order valence-electron chi connectivity index (χ0n) is 25.5. The zero-order chi connectivity index (χ0) is 30.2. The summed E-state index contributed by atoms with van der Waals surface area (Å²) in [6, 6.07) is 10.1. The number of nitrogens with one attached hydrogen (secondary N) is 1. The van der Waals surface area contributed by atoms with Crippen LogP contribution in [0.5, 0.6) is 0 Å². The second-order valence-electron chi connectivity index (χ2n) is 11.1. The van der Waals surface area contributed by atoms with Crippen LogP contribution >= 0.6 is 0 Å². The fourth-order valence-corrected chi connectivity index (χ4v) is 5.06. The molecule has 2 aromatic heterocycles. The first-order valence-electron chi connectivity index (χ1n) is 14.3. The molecule has 1 N–H and O–H groups in total. The monoisotopic (exact) mass is 574 g/mol. The predicted molar refractivity (Wildman–Crippen MR) is 163 cm³/mol. The number of likely N-dealkylation sites (N-methyl/N-ethyl adjacent to an activating group) is 1. The molecule has 0 bridgehead atoms. The van der Waals surface area contributed by atoms with Crippen LogP contribution in [0.4, 0.5) is 4.79 Å². The molecule has 42 heavy (non-hydrogen) atoms. The molecule has 10 nitrogen and oxygen atoms in total. The lowest BCUT2D eigenvalue weighted by Gasteiger charge is -2.32. The number of carbonyl (C=O) groups is 2. The molecular formula is C32H42N6O4. The molecule has 2 amide bonds. The van der Waals surface area contributed by atoms with Crippen molar-refractivity contribution in [2.75, 3.05) is 46.9 Å². The summed E-state index contributed by atoms with van der Waals surface area (Å²) in [7, 11) is 5.51. The highest BCUT2D eigenvalue weighted by Crippen LogP contribution is 2.37. The third-order valence-corrected chi connectivity index (χ3v) is 7.31. The number of aryl methyl sites for hydroxylation is 2. The van der Waals surface area contributed by atoms with Crippen molar-refractivity contribution in [2.45, 2.75) is 39.3 Å². The average Bonchev–Trinajstić information content (AvgIpc) is 3.30. The van der Waals surface area contributed by atoms with Crippen LogP contribution in [0.15, 0.2) is 49.1 Å². The van der Waals surface area contributed by atoms with Crippen LogP contribution in [-0.2, 0) is 27.7 Å². The maximum atomic E-state index is 12.5. The van der Waals surface area contributed by atoms with E-state index in [-0.39, 0.29) is 30.8 Å². The van der Waals surface area contributed by atoms with Crippen molar-refractivity contribution >= 4 is 23.6 Å². The molecule has 0 radical (unpaired) electrons. The molecule has 1 fully saturated rings. The van der Waals surface area contributed by atoms with Gasteiger partial charge in [-0.15, -0.1) is 0 Å². The van der Waals surface area contributed by atoms with Crippen molar-refractivity contribution in [1.29, 1.82) is 0 Å². The Balaban J connectivity index is 0.000000262. The molecule has 10 heteroatoms. The van der Waals surface area contributed by atoms with E-state index in [2.05, 4.69) is 64.5 Å². The highest BCUT2D eigenvalue weighted by atomic mass is 16.6. The third-order valence-electron chi connectivity index (χ3n) is 7.31. The molecule has 1 aliphatic heterocycles. The number of aromatic nitrogens is 3. The lowest BCUT2D eigenvalue weighted by atomic mass is 9.90. The van der Waals surface area contributed by atoms with Crippen LogP contribution in [0.25, 0.3) is 11.6 Å². The number of hydrogen-bond acceptors (Lipinski definition) is 7. The first-order valence-corrected chi connectivity index (χ1v) is 14.3. The minimum Gasteiger partial charge on any atom is -0.447 e. The van der Waals surface area contributed by atoms with Gasteiger partial charge in [0, 0.05) is 53.0 Å². The largest absolute Gasteiger partial charge is 0.447 e. The third kappa shape index (κ3) is 7.83. The first-order chi connectivity index (χ1) is 20.2. The Morgan fingerprint density at radius 2 is 1.86 bits per heavy atom. The number of nitrogens with zero attached hydrogens (tertiary/aromatic N) is 5. The standard InChI is InChI=1S/C23H24N4O2.C9H18N2O2/c1-15-6-7-16-11-20-17(5-4-8-25-20)10-19(18(16)9-15)23(26-22(28)13-29-3)21-12-24-14-27(21)2;1-8(2)13-9(12)11-6-4-10(3)5-7-11/h4-10,12,14,23H,11,13H2,1-3H3,(H,26,28);8H,4-7H2,1-3H3/t23-;/m1./s1. The van der Waals surface area contributed by atoms with Crippen LogP contribution in [0, 0.1) is 6.92 Å². The highest BCUT2D eigenvalue weighted by molar-refractivity contribution is 5.91. The molecule has 3 aromatic rings. The summed E-state index contributed by atoms with van der Waals surface area (Å²) in [5, 5.41) is 3.14. The number of methoxy groups -OCH3 is 1. The van der Waals surface area contributed by atoms with Gasteiger partial charge in [-0.1, -0.05) is 29.8 Å². The Kier molecular flexibility index (Phi) is 10.5. The van der Waals surface area contributed by atoms with E-state index in [4.69, 9.17) is 9.47 Å². The number of piperazine rings is 1. The van der Waals surface area contributed by atoms with E-state index in [1.807, 2.05) is 37.7 Å². The quantitative estimate of drug-likeness (QED) is 0.477. The van der Waals surface area contributed by atoms with E-state index < -0.39 is 0 Å². The molecule has 1 aliphatic carbocycles. The number of amides is 2. The van der Waals surface area contributed by atoms with E-state index in [0.717, 1.165) is 60.7 Å². The molecule has 1 aromatic carbocycles. The number of rotatable bonds is 6. The van der Waals surface area contributed by atoms with Gasteiger partial charge in [-0.2, -0.15) is 0 Å². The maximum absolute atomic E-state index is 12.5. The molecular weight excluding hydrogens is 532 g/mol. The Morgan fingerprint density at radius 1 is 1.10 bits per heavy atom. The van der Waals surface area contributed by atoms with Crippen molar-refractivity contribution < 1.29 is 19.1 Å². The van der Waals surface area contributed by atoms with Gasteiger partial charge in [0.05, 0.1) is 36.1 Å². The number of hydrogen-bond donors (Lipinski definition) is 1. The highest BCUT2D eigenvalue weighted by Gasteiger charge is 2.27. The van der Waals surface area contributed by atoms with E-state index in [0.29, 0.717) is 0 Å². The smallest absolute Gasteiger partial charge is 0.410 e. The summed E-state index contributed by atoms with van der Waals surface area (Å²) in [5.74, 6) is -0.176. The van der Waals surface area contributed by atoms with Crippen LogP contribution in [0.3, 0.4) is 0 Å². The molecule has 1 saturated heterocycles. The van der Waals surface area contributed by atoms with Crippen LogP contribution in [-0.4, -0.2) is 89.4 Å². The number of fused-ring (bicyclic) bond motifs is 2. The second kappa shape index (κ2) is 14.2. The van der Waals surface area contributed by atoms with Gasteiger partial charge >= 0.3 is 6.09 Å². The van der Waals surface area contributed by atoms with Crippen LogP contribution in [0.1, 0.15) is 53.5 Å². The Bertz CT molecular complexity index is 1410. The van der Waals surface area contributed by atoms with Crippen molar-refractivity contribution in [3.63, 3.8) is 0 Å². The van der Waals surface area contributed by atoms with Crippen molar-refractivity contribution in [3.05, 3.63) is 82.7 Å². The Hall–Kier alpha value is -4.02. The SMILES string of the molecule is CC(C)OC(=O)N1CCN(C)CC1.COCC(=O)N[C@H](C1=Cc2cccnc2Cc2ccc(C)cc21)c1cncn1C. The predicted octanol–water partition coefficient (Wildman–Crippen LogP) is 3.85. The fraction of sp³-hybridized carbons (Fsp3) is 0.438. The van der Waals surface area contributed by atoms with Gasteiger partial charge in [-0.3, -0.25) is 9.78 Å². The number of ether oxygens (including phenoxy) is 2. The summed E-state index contributed by atoms with van der Waals surface area (Å²) >= 11 is 0. The molecule has 224 valence electrons. The van der Waals surface area contributed by atoms with Crippen LogP contribution in [0.2, 0.25) is 0 Å². The first kappa shape index (κ1) is 30.9. The summed E-state index contributed by atoms with van der Waals surface area (Å²) in [4.78, 5) is 36.7. The minimum atomic E-state index is -0.364. The number of benzene rings is 1. The van der Waals surface area contributed by atoms with E-state index >= 15 is 0 Å². The lowest BCUT2D eigenvalue weighted by molar-refractivity contribution is -0.125. The van der Waals surface area contributed by atoms with Gasteiger partial charge < -0.3 is 29.2 Å². The fourth-order valence-electron chi connectivity index (χ4n) is 5.06. The molecule has 1 atom stereocenters. The van der Waals surface area contributed by atoms with Crippen molar-refractivity contribution in [1.82, 2.24) is 29.7 Å². The topological polar surface area (TPSA) is 102 Å². The summed E-state index contributed by atoms with van der Waals surface area (Å²) < 4.78 is 12.1. The number of carbonyl (C=O) groups excluding carboxylic acids is 2. The van der Waals surface area contributed by atoms with Crippen molar-refractivity contribution in [3.8, 4) is 0 Å². The number of pyridine rings is 1. The minimum absolute atomic E-state index is 0.000445. The Morgan fingerprint density at radius 3 is 2.52 bits per heavy atom. The molecule has 0 saturated carbocycles. The molecule has 0 spiro atoms. The van der Waals surface area contributed by atoms with Gasteiger partial charge in [0.25, 0.3) is 0 Å². The van der Waals surface area contributed by atoms with E-state index in [9.17, 15) is 9.59 Å². The van der Waals surface area contributed by atoms with E-state index in [1.54, 1.807) is 17.4 Å². The van der Waals surface area contributed by atoms with Crippen LogP contribution < -0.4 is 5.32 Å². The summed E-state index contributed by atoms with van der Waals surface area (Å²) in [5.41, 5.74) is 7.48. The average molecular weight is 575 g/mol. The Labute approximate surface area is 248 Å². The maximum Gasteiger partial charge on any atom is 0.410 e. The lowest BCUT2D eigenvalue weighted by Crippen LogP contribution is -2.47. The summed E-state index contributed by atoms with van der Waals surface area (Å²) in [6.45, 7) is 9.25. The molecule has 0 unspecified atom stereocenters. The molecule has 3 heterocycles. The van der Waals surface area contributed by atoms with Gasteiger partial charge in [-0.05, 0) is 62.2 Å².